The van der Waals surface area contributed by atoms with Gasteiger partial charge in [-0.3, -0.25) is 9.78 Å². The van der Waals surface area contributed by atoms with Crippen molar-refractivity contribution in [2.24, 2.45) is 0 Å². The Kier molecular flexibility index (Phi) is 6.64. The van der Waals surface area contributed by atoms with Crippen molar-refractivity contribution in [2.75, 3.05) is 33.3 Å². The molecule has 0 unspecified atom stereocenters. The molecule has 178 valence electrons. The van der Waals surface area contributed by atoms with Crippen LogP contribution in [0.2, 0.25) is 0 Å². The summed E-state index contributed by atoms with van der Waals surface area (Å²) < 4.78 is 5.38. The predicted molar refractivity (Wildman–Crippen MR) is 137 cm³/mol. The number of carbonyl (C=O) groups excluding carboxylic acids is 1. The zero-order chi connectivity index (χ0) is 24.2. The van der Waals surface area contributed by atoms with Crippen LogP contribution in [0.25, 0.3) is 21.8 Å². The van der Waals surface area contributed by atoms with Crippen LogP contribution in [0.3, 0.4) is 0 Å². The van der Waals surface area contributed by atoms with Crippen LogP contribution in [0.15, 0.2) is 54.9 Å². The molecule has 1 aliphatic rings. The van der Waals surface area contributed by atoms with Crippen molar-refractivity contribution < 1.29 is 9.53 Å². The number of amides is 1. The Labute approximate surface area is 204 Å². The van der Waals surface area contributed by atoms with Gasteiger partial charge in [0.2, 0.25) is 0 Å². The number of benzene rings is 2. The van der Waals surface area contributed by atoms with Crippen molar-refractivity contribution in [1.29, 1.82) is 5.26 Å². The molecule has 1 amide bonds. The number of ether oxygens (including phenoxy) is 1. The van der Waals surface area contributed by atoms with Gasteiger partial charge in [0.25, 0.3) is 5.91 Å². The van der Waals surface area contributed by atoms with Gasteiger partial charge in [0, 0.05) is 35.2 Å². The average molecular weight is 468 g/mol. The number of nitriles is 1. The van der Waals surface area contributed by atoms with Crippen LogP contribution in [0.5, 0.6) is 5.75 Å². The molecule has 2 aromatic carbocycles. The molecule has 7 heteroatoms. The molecule has 1 saturated heterocycles. The number of hydrogen-bond donors (Lipinski definition) is 2. The van der Waals surface area contributed by atoms with Crippen LogP contribution >= 0.6 is 0 Å². The molecular formula is C28H29N5O2. The molecule has 1 fully saturated rings. The van der Waals surface area contributed by atoms with E-state index in [0.29, 0.717) is 29.3 Å². The summed E-state index contributed by atoms with van der Waals surface area (Å²) in [5, 5.41) is 14.5. The number of nitrogens with zero attached hydrogens (tertiary/aromatic N) is 3. The van der Waals surface area contributed by atoms with Crippen LogP contribution in [0, 0.1) is 11.3 Å². The molecule has 1 aliphatic heterocycles. The zero-order valence-corrected chi connectivity index (χ0v) is 19.9. The zero-order valence-electron chi connectivity index (χ0n) is 19.9. The highest BCUT2D eigenvalue weighted by atomic mass is 16.5. The molecule has 4 aromatic rings. The van der Waals surface area contributed by atoms with E-state index in [2.05, 4.69) is 32.5 Å². The van der Waals surface area contributed by atoms with Crippen molar-refractivity contribution >= 4 is 27.7 Å². The van der Waals surface area contributed by atoms with E-state index in [4.69, 9.17) is 4.74 Å². The number of likely N-dealkylation sites (tertiary alicyclic amines) is 1. The average Bonchev–Trinajstić information content (AvgIpc) is 3.35. The number of pyridine rings is 1. The summed E-state index contributed by atoms with van der Waals surface area (Å²) in [4.78, 5) is 23.0. The highest BCUT2D eigenvalue weighted by Crippen LogP contribution is 2.34. The summed E-state index contributed by atoms with van der Waals surface area (Å²) in [7, 11) is 1.61. The Morgan fingerprint density at radius 1 is 1.23 bits per heavy atom. The second-order valence-electron chi connectivity index (χ2n) is 9.02. The second kappa shape index (κ2) is 10.2. The Hall–Kier alpha value is -3.89. The van der Waals surface area contributed by atoms with Crippen molar-refractivity contribution in [3.8, 4) is 11.8 Å². The third-order valence-corrected chi connectivity index (χ3v) is 7.02. The van der Waals surface area contributed by atoms with Gasteiger partial charge in [-0.15, -0.1) is 0 Å². The van der Waals surface area contributed by atoms with Gasteiger partial charge in [0.05, 0.1) is 24.3 Å². The maximum atomic E-state index is 12.8. The van der Waals surface area contributed by atoms with Crippen molar-refractivity contribution in [3.05, 3.63) is 71.5 Å². The third kappa shape index (κ3) is 4.58. The van der Waals surface area contributed by atoms with Crippen LogP contribution in [-0.4, -0.2) is 54.1 Å². The largest absolute Gasteiger partial charge is 0.494 e. The maximum Gasteiger partial charge on any atom is 0.252 e. The molecule has 0 bridgehead atoms. The van der Waals surface area contributed by atoms with E-state index in [9.17, 15) is 10.1 Å². The van der Waals surface area contributed by atoms with E-state index >= 15 is 0 Å². The van der Waals surface area contributed by atoms with E-state index in [-0.39, 0.29) is 5.91 Å². The number of nitrogens with one attached hydrogen (secondary N) is 2. The van der Waals surface area contributed by atoms with E-state index in [1.807, 2.05) is 36.4 Å². The number of hydrogen-bond acceptors (Lipinski definition) is 5. The summed E-state index contributed by atoms with van der Waals surface area (Å²) in [6.07, 6.45) is 6.78. The second-order valence-corrected chi connectivity index (χ2v) is 9.02. The lowest BCUT2D eigenvalue weighted by atomic mass is 9.88. The quantitative estimate of drug-likeness (QED) is 0.388. The minimum absolute atomic E-state index is 0.0861. The SMILES string of the molecule is COc1cccc2c(C(=O)NCCCN3CCC(c4c[nH]c5cccc(C#N)c45)CC3)ccnc12. The Morgan fingerprint density at radius 3 is 2.86 bits per heavy atom. The van der Waals surface area contributed by atoms with Crippen molar-refractivity contribution in [1.82, 2.24) is 20.2 Å². The van der Waals surface area contributed by atoms with Gasteiger partial charge in [-0.1, -0.05) is 18.2 Å². The number of fused-ring (bicyclic) bond motifs is 2. The first-order valence-corrected chi connectivity index (χ1v) is 12.1. The predicted octanol–water partition coefficient (Wildman–Crippen LogP) is 4.60. The maximum absolute atomic E-state index is 12.8. The van der Waals surface area contributed by atoms with Gasteiger partial charge < -0.3 is 19.9 Å². The summed E-state index contributed by atoms with van der Waals surface area (Å²) in [6, 6.07) is 15.6. The summed E-state index contributed by atoms with van der Waals surface area (Å²) in [6.45, 7) is 3.62. The third-order valence-electron chi connectivity index (χ3n) is 7.02. The number of rotatable bonds is 7. The lowest BCUT2D eigenvalue weighted by molar-refractivity contribution is 0.0952. The minimum atomic E-state index is -0.0861. The van der Waals surface area contributed by atoms with Gasteiger partial charge in [0.1, 0.15) is 11.3 Å². The fourth-order valence-electron chi connectivity index (χ4n) is 5.21. The molecule has 0 radical (unpaired) electrons. The van der Waals surface area contributed by atoms with Gasteiger partial charge >= 0.3 is 0 Å². The van der Waals surface area contributed by atoms with Crippen LogP contribution in [0.4, 0.5) is 0 Å². The monoisotopic (exact) mass is 467 g/mol. The number of aromatic nitrogens is 2. The first kappa shape index (κ1) is 22.9. The Morgan fingerprint density at radius 2 is 2.06 bits per heavy atom. The highest BCUT2D eigenvalue weighted by molar-refractivity contribution is 6.07. The molecule has 3 heterocycles. The smallest absolute Gasteiger partial charge is 0.252 e. The van der Waals surface area contributed by atoms with E-state index in [1.54, 1.807) is 19.4 Å². The summed E-state index contributed by atoms with van der Waals surface area (Å²) in [5.74, 6) is 1.04. The van der Waals surface area contributed by atoms with E-state index in [0.717, 1.165) is 60.7 Å². The molecule has 7 nitrogen and oxygen atoms in total. The van der Waals surface area contributed by atoms with E-state index < -0.39 is 0 Å². The highest BCUT2D eigenvalue weighted by Gasteiger charge is 2.23. The lowest BCUT2D eigenvalue weighted by Gasteiger charge is -2.32. The first-order chi connectivity index (χ1) is 17.2. The van der Waals surface area contributed by atoms with Crippen molar-refractivity contribution in [2.45, 2.75) is 25.2 Å². The number of para-hydroxylation sites is 1. The fraction of sp³-hybridized carbons (Fsp3) is 0.321. The van der Waals surface area contributed by atoms with Crippen LogP contribution in [-0.2, 0) is 0 Å². The fourth-order valence-corrected chi connectivity index (χ4v) is 5.21. The van der Waals surface area contributed by atoms with Gasteiger partial charge in [-0.25, -0.2) is 0 Å². The van der Waals surface area contributed by atoms with Crippen LogP contribution < -0.4 is 10.1 Å². The molecule has 0 atom stereocenters. The molecule has 35 heavy (non-hydrogen) atoms. The topological polar surface area (TPSA) is 94.0 Å². The minimum Gasteiger partial charge on any atom is -0.494 e. The Bertz CT molecular complexity index is 1400. The normalized spacial score (nSPS) is 14.7. The number of methoxy groups -OCH3 is 1. The molecule has 0 spiro atoms. The van der Waals surface area contributed by atoms with Gasteiger partial charge in [-0.05, 0) is 74.6 Å². The molecule has 2 aromatic heterocycles. The number of piperidine rings is 1. The molecular weight excluding hydrogens is 438 g/mol. The number of H-pyrrole nitrogens is 1. The van der Waals surface area contributed by atoms with Crippen molar-refractivity contribution in [3.63, 3.8) is 0 Å². The molecule has 2 N–H and O–H groups in total. The Balaban J connectivity index is 1.13. The summed E-state index contributed by atoms with van der Waals surface area (Å²) >= 11 is 0. The number of aromatic amines is 1. The standard InChI is InChI=1S/C28H29N5O2/c1-35-25-8-3-6-21-22(9-13-30-27(21)25)28(34)31-12-4-14-33-15-10-19(11-16-33)23-18-32-24-7-2-5-20(17-29)26(23)24/h2-3,5-9,13,18-19,32H,4,10-12,14-16H2,1H3,(H,31,34). The first-order valence-electron chi connectivity index (χ1n) is 12.1. The van der Waals surface area contributed by atoms with Crippen LogP contribution in [0.1, 0.15) is 46.7 Å². The summed E-state index contributed by atoms with van der Waals surface area (Å²) in [5.41, 5.74) is 4.37. The van der Waals surface area contributed by atoms with Gasteiger partial charge in [-0.2, -0.15) is 5.26 Å². The number of carbonyl (C=O) groups is 1. The van der Waals surface area contributed by atoms with Gasteiger partial charge in [0.15, 0.2) is 0 Å². The molecule has 5 rings (SSSR count). The molecule has 0 saturated carbocycles. The lowest BCUT2D eigenvalue weighted by Crippen LogP contribution is -2.35. The van der Waals surface area contributed by atoms with E-state index in [1.165, 1.54) is 5.56 Å². The molecule has 0 aliphatic carbocycles.